The molecule has 0 bridgehead atoms. The molecule has 0 fully saturated rings. The van der Waals surface area contributed by atoms with Gasteiger partial charge in [0.25, 0.3) is 0 Å². The minimum Gasteiger partial charge on any atom is -0.389 e. The lowest BCUT2D eigenvalue weighted by atomic mass is 10.1. The van der Waals surface area contributed by atoms with E-state index in [-0.39, 0.29) is 0 Å². The van der Waals surface area contributed by atoms with Crippen LogP contribution in [0.1, 0.15) is 30.8 Å². The Morgan fingerprint density at radius 1 is 1.40 bits per heavy atom. The van der Waals surface area contributed by atoms with E-state index in [1.54, 1.807) is 0 Å². The fourth-order valence-corrected chi connectivity index (χ4v) is 1.62. The van der Waals surface area contributed by atoms with Crippen molar-refractivity contribution in [2.24, 2.45) is 7.05 Å². The van der Waals surface area contributed by atoms with Gasteiger partial charge in [-0.1, -0.05) is 0 Å². The Labute approximate surface area is 92.1 Å². The average Bonchev–Trinajstić information content (AvgIpc) is 2.32. The first-order chi connectivity index (χ1) is 6.81. The number of nitrogens with zero attached hydrogens (tertiary/aromatic N) is 1. The Morgan fingerprint density at radius 3 is 2.40 bits per heavy atom. The van der Waals surface area contributed by atoms with Crippen LogP contribution in [0.5, 0.6) is 0 Å². The molecule has 1 heterocycles. The molecular weight excluding hydrogens is 188 g/mol. The molecule has 0 aliphatic heterocycles. The number of aryl methyl sites for hydroxylation is 1. The lowest BCUT2D eigenvalue weighted by molar-refractivity contribution is 0.0795. The smallest absolute Gasteiger partial charge is 0.0715 e. The molecule has 3 nitrogen and oxygen atoms in total. The van der Waals surface area contributed by atoms with E-state index in [0.717, 1.165) is 6.54 Å². The van der Waals surface area contributed by atoms with Crippen molar-refractivity contribution in [3.05, 3.63) is 23.0 Å². The Balaban J connectivity index is 2.55. The number of nitrogens with one attached hydrogen (secondary N) is 1. The molecule has 0 aliphatic carbocycles. The van der Waals surface area contributed by atoms with Crippen LogP contribution in [0, 0.1) is 13.8 Å². The van der Waals surface area contributed by atoms with Crippen LogP contribution in [0.2, 0.25) is 0 Å². The largest absolute Gasteiger partial charge is 0.389 e. The first-order valence-corrected chi connectivity index (χ1v) is 5.36. The van der Waals surface area contributed by atoms with Gasteiger partial charge in [0.1, 0.15) is 0 Å². The monoisotopic (exact) mass is 210 g/mol. The fourth-order valence-electron chi connectivity index (χ4n) is 1.62. The lowest BCUT2D eigenvalue weighted by Crippen LogP contribution is -2.34. The van der Waals surface area contributed by atoms with Crippen molar-refractivity contribution in [3.63, 3.8) is 0 Å². The van der Waals surface area contributed by atoms with Gasteiger partial charge in [-0.2, -0.15) is 0 Å². The zero-order chi connectivity index (χ0) is 11.6. The molecule has 0 amide bonds. The molecule has 0 unspecified atom stereocenters. The molecule has 1 rings (SSSR count). The first-order valence-electron chi connectivity index (χ1n) is 5.36. The van der Waals surface area contributed by atoms with Crippen molar-refractivity contribution < 1.29 is 5.11 Å². The lowest BCUT2D eigenvalue weighted by Gasteiger charge is -2.17. The summed E-state index contributed by atoms with van der Waals surface area (Å²) >= 11 is 0. The SMILES string of the molecule is Cc1cc(CNCC(C)(C)O)c(C)n1C. The summed E-state index contributed by atoms with van der Waals surface area (Å²) in [6.45, 7) is 9.27. The molecule has 15 heavy (non-hydrogen) atoms. The standard InChI is InChI=1S/C12H22N2O/c1-9-6-11(10(2)14(9)5)7-13-8-12(3,4)15/h6,13,15H,7-8H2,1-5H3. The van der Waals surface area contributed by atoms with Crippen LogP contribution < -0.4 is 5.32 Å². The number of aliphatic hydroxyl groups is 1. The van der Waals surface area contributed by atoms with Gasteiger partial charge in [0, 0.05) is 31.5 Å². The van der Waals surface area contributed by atoms with Crippen LogP contribution in [0.3, 0.4) is 0 Å². The Hall–Kier alpha value is -0.800. The highest BCUT2D eigenvalue weighted by Gasteiger charge is 2.12. The maximum Gasteiger partial charge on any atom is 0.0715 e. The van der Waals surface area contributed by atoms with Crippen molar-refractivity contribution in [2.45, 2.75) is 39.8 Å². The van der Waals surface area contributed by atoms with Crippen molar-refractivity contribution in [1.29, 1.82) is 0 Å². The maximum absolute atomic E-state index is 9.56. The molecule has 86 valence electrons. The van der Waals surface area contributed by atoms with Gasteiger partial charge in [0.2, 0.25) is 0 Å². The highest BCUT2D eigenvalue weighted by molar-refractivity contribution is 5.26. The second-order valence-electron chi connectivity index (χ2n) is 4.87. The summed E-state index contributed by atoms with van der Waals surface area (Å²) in [5, 5.41) is 12.8. The first kappa shape index (κ1) is 12.3. The minimum atomic E-state index is -0.641. The summed E-state index contributed by atoms with van der Waals surface area (Å²) < 4.78 is 2.18. The summed E-state index contributed by atoms with van der Waals surface area (Å²) in [5.74, 6) is 0. The van der Waals surface area contributed by atoms with E-state index >= 15 is 0 Å². The predicted octanol–water partition coefficient (Wildman–Crippen LogP) is 1.50. The van der Waals surface area contributed by atoms with Gasteiger partial charge >= 0.3 is 0 Å². The van der Waals surface area contributed by atoms with Crippen molar-refractivity contribution in [2.75, 3.05) is 6.54 Å². The van der Waals surface area contributed by atoms with Gasteiger partial charge in [-0.15, -0.1) is 0 Å². The van der Waals surface area contributed by atoms with E-state index in [0.29, 0.717) is 6.54 Å². The molecule has 0 spiro atoms. The molecule has 0 aromatic carbocycles. The second-order valence-corrected chi connectivity index (χ2v) is 4.87. The van der Waals surface area contributed by atoms with Crippen LogP contribution in [0.25, 0.3) is 0 Å². The summed E-state index contributed by atoms with van der Waals surface area (Å²) in [7, 11) is 2.07. The van der Waals surface area contributed by atoms with Crippen molar-refractivity contribution in [1.82, 2.24) is 9.88 Å². The molecule has 0 atom stereocenters. The van der Waals surface area contributed by atoms with Crippen LogP contribution in [-0.4, -0.2) is 21.8 Å². The van der Waals surface area contributed by atoms with Gasteiger partial charge < -0.3 is 15.0 Å². The molecule has 2 N–H and O–H groups in total. The Morgan fingerprint density at radius 2 is 2.00 bits per heavy atom. The normalized spacial score (nSPS) is 12.1. The van der Waals surface area contributed by atoms with Crippen LogP contribution in [-0.2, 0) is 13.6 Å². The third kappa shape index (κ3) is 3.36. The van der Waals surface area contributed by atoms with Gasteiger partial charge in [-0.05, 0) is 39.3 Å². The average molecular weight is 210 g/mol. The zero-order valence-corrected chi connectivity index (χ0v) is 10.4. The maximum atomic E-state index is 9.56. The van der Waals surface area contributed by atoms with E-state index in [9.17, 15) is 5.11 Å². The molecule has 0 radical (unpaired) electrons. The van der Waals surface area contributed by atoms with Crippen molar-refractivity contribution in [3.8, 4) is 0 Å². The van der Waals surface area contributed by atoms with Gasteiger partial charge in [-0.25, -0.2) is 0 Å². The Bertz CT molecular complexity index is 334. The third-order valence-corrected chi connectivity index (χ3v) is 2.75. The molecule has 0 saturated carbocycles. The predicted molar refractivity (Wildman–Crippen MR) is 62.9 cm³/mol. The number of rotatable bonds is 4. The van der Waals surface area contributed by atoms with Crippen LogP contribution in [0.4, 0.5) is 0 Å². The topological polar surface area (TPSA) is 37.2 Å². The van der Waals surface area contributed by atoms with Crippen molar-refractivity contribution >= 4 is 0 Å². The van der Waals surface area contributed by atoms with E-state index in [4.69, 9.17) is 0 Å². The number of aromatic nitrogens is 1. The quantitative estimate of drug-likeness (QED) is 0.790. The summed E-state index contributed by atoms with van der Waals surface area (Å²) in [6.07, 6.45) is 0. The summed E-state index contributed by atoms with van der Waals surface area (Å²) in [4.78, 5) is 0. The van der Waals surface area contributed by atoms with Crippen LogP contribution >= 0.6 is 0 Å². The number of hydrogen-bond donors (Lipinski definition) is 2. The van der Waals surface area contributed by atoms with Crippen LogP contribution in [0.15, 0.2) is 6.07 Å². The van der Waals surface area contributed by atoms with E-state index in [2.05, 4.69) is 36.8 Å². The molecule has 0 saturated heterocycles. The minimum absolute atomic E-state index is 0.611. The summed E-state index contributed by atoms with van der Waals surface area (Å²) in [6, 6.07) is 2.19. The highest BCUT2D eigenvalue weighted by Crippen LogP contribution is 2.12. The fraction of sp³-hybridized carbons (Fsp3) is 0.667. The molecule has 1 aromatic rings. The molecule has 1 aromatic heterocycles. The zero-order valence-electron chi connectivity index (χ0n) is 10.4. The molecular formula is C12H22N2O. The van der Waals surface area contributed by atoms with Gasteiger partial charge in [0.15, 0.2) is 0 Å². The number of hydrogen-bond acceptors (Lipinski definition) is 2. The third-order valence-electron chi connectivity index (χ3n) is 2.75. The van der Waals surface area contributed by atoms with E-state index < -0.39 is 5.60 Å². The molecule has 3 heteroatoms. The molecule has 0 aliphatic rings. The van der Waals surface area contributed by atoms with Gasteiger partial charge in [-0.3, -0.25) is 0 Å². The highest BCUT2D eigenvalue weighted by atomic mass is 16.3. The van der Waals surface area contributed by atoms with E-state index in [1.807, 2.05) is 13.8 Å². The second kappa shape index (κ2) is 4.37. The summed E-state index contributed by atoms with van der Waals surface area (Å²) in [5.41, 5.74) is 3.22. The Kier molecular flexibility index (Phi) is 3.58. The van der Waals surface area contributed by atoms with Gasteiger partial charge in [0.05, 0.1) is 5.60 Å². The van der Waals surface area contributed by atoms with E-state index in [1.165, 1.54) is 17.0 Å².